The van der Waals surface area contributed by atoms with Gasteiger partial charge < -0.3 is 25.3 Å². The van der Waals surface area contributed by atoms with E-state index >= 15 is 0 Å². The molecule has 2 fully saturated rings. The second-order valence-corrected chi connectivity index (χ2v) is 13.3. The van der Waals surface area contributed by atoms with Crippen LogP contribution in [0.5, 0.6) is 0 Å². The normalized spacial score (nSPS) is 18.2. The highest BCUT2D eigenvalue weighted by molar-refractivity contribution is 8.14. The number of likely N-dealkylation sites (N-methyl/N-ethyl adjacent to an activating group) is 1. The van der Waals surface area contributed by atoms with Gasteiger partial charge in [0.25, 0.3) is 11.1 Å². The number of carbonyl (C=O) groups excluding carboxylic acids is 2. The molecule has 2 amide bonds. The number of benzene rings is 2. The van der Waals surface area contributed by atoms with Crippen LogP contribution in [0.3, 0.4) is 0 Å². The van der Waals surface area contributed by atoms with Crippen LogP contribution < -0.4 is 5.32 Å². The second kappa shape index (κ2) is 13.8. The molecule has 2 aliphatic rings. The topological polar surface area (TPSA) is 96.4 Å². The van der Waals surface area contributed by atoms with E-state index in [0.29, 0.717) is 31.6 Å². The van der Waals surface area contributed by atoms with Crippen molar-refractivity contribution in [3.63, 3.8) is 0 Å². The first-order valence-corrected chi connectivity index (χ1v) is 15.5. The average Bonchev–Trinajstić information content (AvgIpc) is 2.89. The first-order chi connectivity index (χ1) is 20.1. The van der Waals surface area contributed by atoms with Gasteiger partial charge >= 0.3 is 6.18 Å². The Morgan fingerprint density at radius 1 is 1.02 bits per heavy atom. The predicted molar refractivity (Wildman–Crippen MR) is 163 cm³/mol. The van der Waals surface area contributed by atoms with E-state index in [1.54, 1.807) is 19.2 Å². The number of aliphatic hydroxyl groups is 2. The lowest BCUT2D eigenvalue weighted by Gasteiger charge is -2.47. The summed E-state index contributed by atoms with van der Waals surface area (Å²) < 4.78 is 41.9. The van der Waals surface area contributed by atoms with Gasteiger partial charge in [0.05, 0.1) is 28.3 Å². The number of amides is 2. The lowest BCUT2D eigenvalue weighted by atomic mass is 9.97. The molecular weight excluding hydrogens is 675 g/mol. The third-order valence-electron chi connectivity index (χ3n) is 7.43. The fraction of sp³-hybridized carbons (Fsp3) is 0.481. The molecule has 0 aliphatic carbocycles. The third-order valence-corrected chi connectivity index (χ3v) is 9.66. The number of hydrogen-bond acceptors (Lipinski definition) is 7. The van der Waals surface area contributed by atoms with Crippen LogP contribution in [0.15, 0.2) is 30.3 Å². The highest BCUT2D eigenvalue weighted by atomic mass is 35.5. The van der Waals surface area contributed by atoms with Crippen LogP contribution in [0.1, 0.15) is 28.8 Å². The SMILES string of the molecule is CN(CCO)C(=O)c1c(Cl)cc(NC2CN(C3CCN(C(=O)S[C@@](O)(c4cc(Cl)cc(Cl)c4)C(F)(F)F)CC3)C2)cc1Cl. The van der Waals surface area contributed by atoms with Gasteiger partial charge in [0.15, 0.2) is 0 Å². The minimum Gasteiger partial charge on any atom is -0.395 e. The van der Waals surface area contributed by atoms with Crippen molar-refractivity contribution in [2.75, 3.05) is 51.7 Å². The maximum atomic E-state index is 14.0. The zero-order valence-electron chi connectivity index (χ0n) is 22.8. The molecule has 2 aromatic rings. The Morgan fingerprint density at radius 2 is 1.58 bits per heavy atom. The van der Waals surface area contributed by atoms with E-state index in [-0.39, 0.29) is 75.7 Å². The van der Waals surface area contributed by atoms with Crippen LogP contribution in [0, 0.1) is 0 Å². The zero-order chi connectivity index (χ0) is 31.7. The predicted octanol–water partition coefficient (Wildman–Crippen LogP) is 6.19. The molecule has 8 nitrogen and oxygen atoms in total. The number of piperidine rings is 1. The summed E-state index contributed by atoms with van der Waals surface area (Å²) >= 11 is 24.2. The maximum absolute atomic E-state index is 14.0. The fourth-order valence-corrected chi connectivity index (χ4v) is 7.17. The van der Waals surface area contributed by atoms with Crippen LogP contribution in [0.25, 0.3) is 0 Å². The Balaban J connectivity index is 1.29. The first kappa shape index (κ1) is 34.2. The Bertz CT molecular complexity index is 1320. The summed E-state index contributed by atoms with van der Waals surface area (Å²) in [5, 5.41) is 22.4. The Morgan fingerprint density at radius 3 is 2.09 bits per heavy atom. The van der Waals surface area contributed by atoms with E-state index in [0.717, 1.165) is 12.1 Å². The lowest BCUT2D eigenvalue weighted by Crippen LogP contribution is -2.60. The lowest BCUT2D eigenvalue weighted by molar-refractivity contribution is -0.224. The molecule has 0 radical (unpaired) electrons. The standard InChI is InChI=1S/C27H29Cl4F3N4O4S/c1-36(6-7-39)24(40)23-21(30)11-18(12-22(23)31)35-19-13-38(14-19)20-2-4-37(5-3-20)25(41)43-26(42,27(32,33)34)15-8-16(28)10-17(29)9-15/h8-12,19-20,35,39,42H,2-7,13-14H2,1H3/t26-/m0/s1. The molecule has 0 bridgehead atoms. The third kappa shape index (κ3) is 7.78. The van der Waals surface area contributed by atoms with Gasteiger partial charge in [-0.2, -0.15) is 13.2 Å². The molecule has 2 saturated heterocycles. The summed E-state index contributed by atoms with van der Waals surface area (Å²) in [6.45, 7) is 1.80. The van der Waals surface area contributed by atoms with Crippen molar-refractivity contribution in [3.05, 3.63) is 61.5 Å². The van der Waals surface area contributed by atoms with Crippen LogP contribution >= 0.6 is 58.2 Å². The number of halogens is 7. The molecule has 2 heterocycles. The molecule has 43 heavy (non-hydrogen) atoms. The minimum atomic E-state index is -5.17. The Kier molecular flexibility index (Phi) is 11.0. The fourth-order valence-electron chi connectivity index (χ4n) is 5.08. The smallest absolute Gasteiger partial charge is 0.395 e. The van der Waals surface area contributed by atoms with E-state index < -0.39 is 27.8 Å². The maximum Gasteiger partial charge on any atom is 0.431 e. The minimum absolute atomic E-state index is 0.0762. The molecule has 4 rings (SSSR count). The summed E-state index contributed by atoms with van der Waals surface area (Å²) in [6, 6.07) is 6.57. The van der Waals surface area contributed by atoms with Crippen LogP contribution in [-0.2, 0) is 4.93 Å². The quantitative estimate of drug-likeness (QED) is 0.283. The van der Waals surface area contributed by atoms with Crippen molar-refractivity contribution in [2.24, 2.45) is 0 Å². The number of hydrogen-bond donors (Lipinski definition) is 3. The molecule has 0 unspecified atom stereocenters. The number of nitrogens with one attached hydrogen (secondary N) is 1. The first-order valence-electron chi connectivity index (χ1n) is 13.2. The van der Waals surface area contributed by atoms with Crippen LogP contribution in [0.4, 0.5) is 23.7 Å². The highest BCUT2D eigenvalue weighted by Crippen LogP contribution is 2.49. The largest absolute Gasteiger partial charge is 0.431 e. The number of rotatable bonds is 8. The van der Waals surface area contributed by atoms with E-state index in [2.05, 4.69) is 10.2 Å². The van der Waals surface area contributed by atoms with Crippen molar-refractivity contribution in [1.29, 1.82) is 0 Å². The average molecular weight is 704 g/mol. The molecule has 0 saturated carbocycles. The van der Waals surface area contributed by atoms with Crippen LogP contribution in [-0.4, -0.2) is 101 Å². The highest BCUT2D eigenvalue weighted by Gasteiger charge is 2.58. The van der Waals surface area contributed by atoms with Gasteiger partial charge in [-0.15, -0.1) is 0 Å². The molecule has 236 valence electrons. The van der Waals surface area contributed by atoms with E-state index in [4.69, 9.17) is 51.5 Å². The molecule has 2 aliphatic heterocycles. The number of alkyl halides is 3. The van der Waals surface area contributed by atoms with E-state index in [1.807, 2.05) is 0 Å². The number of thioether (sulfide) groups is 1. The van der Waals surface area contributed by atoms with E-state index in [9.17, 15) is 27.9 Å². The van der Waals surface area contributed by atoms with Crippen molar-refractivity contribution in [3.8, 4) is 0 Å². The molecule has 1 atom stereocenters. The summed E-state index contributed by atoms with van der Waals surface area (Å²) in [7, 11) is 1.54. The summed E-state index contributed by atoms with van der Waals surface area (Å²) in [6.07, 6.45) is -4.05. The van der Waals surface area contributed by atoms with Crippen LogP contribution in [0.2, 0.25) is 20.1 Å². The molecule has 0 aromatic heterocycles. The Hall–Kier alpha value is -1.64. The zero-order valence-corrected chi connectivity index (χ0v) is 26.6. The van der Waals surface area contributed by atoms with Gasteiger partial charge in [0, 0.05) is 67.1 Å². The van der Waals surface area contributed by atoms with Gasteiger partial charge in [0.1, 0.15) is 0 Å². The van der Waals surface area contributed by atoms with Gasteiger partial charge in [0.2, 0.25) is 4.93 Å². The second-order valence-electron chi connectivity index (χ2n) is 10.4. The molecule has 3 N–H and O–H groups in total. The number of nitrogens with zero attached hydrogens (tertiary/aromatic N) is 3. The monoisotopic (exact) mass is 702 g/mol. The van der Waals surface area contributed by atoms with Gasteiger partial charge in [-0.1, -0.05) is 46.4 Å². The van der Waals surface area contributed by atoms with Crippen molar-refractivity contribution in [2.45, 2.75) is 36.0 Å². The van der Waals surface area contributed by atoms with Crippen molar-refractivity contribution < 1.29 is 33.0 Å². The van der Waals surface area contributed by atoms with E-state index in [1.165, 1.54) is 15.9 Å². The molecular formula is C27H29Cl4F3N4O4S. The molecule has 2 aromatic carbocycles. The van der Waals surface area contributed by atoms with Gasteiger partial charge in [-0.05, 0) is 54.9 Å². The van der Waals surface area contributed by atoms with Crippen molar-refractivity contribution in [1.82, 2.24) is 14.7 Å². The Labute approximate surface area is 271 Å². The van der Waals surface area contributed by atoms with Crippen molar-refractivity contribution >= 4 is 75.0 Å². The number of aliphatic hydroxyl groups excluding tert-OH is 1. The summed E-state index contributed by atoms with van der Waals surface area (Å²) in [5.41, 5.74) is 0.184. The summed E-state index contributed by atoms with van der Waals surface area (Å²) in [5.74, 6) is -0.398. The molecule has 16 heteroatoms. The number of likely N-dealkylation sites (tertiary alicyclic amines) is 2. The number of anilines is 1. The van der Waals surface area contributed by atoms with Gasteiger partial charge in [-0.3, -0.25) is 14.5 Å². The summed E-state index contributed by atoms with van der Waals surface area (Å²) in [4.78, 5) is 26.8. The van der Waals surface area contributed by atoms with Gasteiger partial charge in [-0.25, -0.2) is 0 Å². The number of carbonyl (C=O) groups is 2. The molecule has 0 spiro atoms.